The Morgan fingerprint density at radius 2 is 1.77 bits per heavy atom. The lowest BCUT2D eigenvalue weighted by Gasteiger charge is -2.35. The van der Waals surface area contributed by atoms with Gasteiger partial charge in [-0.1, -0.05) is 30.3 Å². The number of alkyl halides is 1. The van der Waals surface area contributed by atoms with Crippen LogP contribution in [-0.2, 0) is 20.1 Å². The summed E-state index contributed by atoms with van der Waals surface area (Å²) in [6, 6.07) is 15.4. The molecule has 3 atom stereocenters. The molecule has 0 spiro atoms. The summed E-state index contributed by atoms with van der Waals surface area (Å²) in [6.07, 6.45) is 1.47. The molecule has 1 aromatic heterocycles. The van der Waals surface area contributed by atoms with Crippen molar-refractivity contribution in [1.82, 2.24) is 14.8 Å². The Morgan fingerprint density at radius 3 is 2.45 bits per heavy atom. The number of rotatable bonds is 7. The molecule has 6 rings (SSSR count). The molecule has 3 aliphatic rings. The van der Waals surface area contributed by atoms with Gasteiger partial charge in [-0.25, -0.2) is 14.0 Å². The zero-order chi connectivity index (χ0) is 31.2. The van der Waals surface area contributed by atoms with Crippen LogP contribution < -0.4 is 10.6 Å². The zero-order valence-corrected chi connectivity index (χ0v) is 24.8. The first-order valence-electron chi connectivity index (χ1n) is 15.2. The van der Waals surface area contributed by atoms with Gasteiger partial charge in [-0.05, 0) is 81.7 Å². The number of carbonyl (C=O) groups excluding carboxylic acids is 3. The number of esters is 1. The number of hydrogen-bond acceptors (Lipinski definition) is 5. The van der Waals surface area contributed by atoms with Crippen LogP contribution in [0.15, 0.2) is 54.6 Å². The first-order valence-corrected chi connectivity index (χ1v) is 15.2. The monoisotopic (exact) mass is 604 g/mol. The summed E-state index contributed by atoms with van der Waals surface area (Å²) >= 11 is 0. The van der Waals surface area contributed by atoms with Crippen molar-refractivity contribution < 1.29 is 33.4 Å². The lowest BCUT2D eigenvalue weighted by Crippen LogP contribution is -2.49. The Balaban J connectivity index is 1.22. The van der Waals surface area contributed by atoms with E-state index < -0.39 is 36.5 Å². The molecule has 232 valence electrons. The largest absolute Gasteiger partial charge is 0.465 e. The summed E-state index contributed by atoms with van der Waals surface area (Å²) in [5.41, 5.74) is 2.00. The Kier molecular flexibility index (Phi) is 7.81. The number of anilines is 1. The molecule has 2 fully saturated rings. The predicted octanol–water partition coefficient (Wildman–Crippen LogP) is 5.24. The predicted molar refractivity (Wildman–Crippen MR) is 161 cm³/mol. The van der Waals surface area contributed by atoms with Crippen LogP contribution in [0.5, 0.6) is 0 Å². The quantitative estimate of drug-likeness (QED) is 0.317. The van der Waals surface area contributed by atoms with E-state index in [9.17, 15) is 23.6 Å². The lowest BCUT2D eigenvalue weighted by molar-refractivity contribution is -0.141. The van der Waals surface area contributed by atoms with Crippen LogP contribution in [0, 0.1) is 11.8 Å². The molecule has 1 saturated carbocycles. The number of benzene rings is 2. The number of aromatic nitrogens is 1. The first-order chi connectivity index (χ1) is 21.1. The minimum absolute atomic E-state index is 0.0925. The van der Waals surface area contributed by atoms with Crippen LogP contribution in [0.4, 0.5) is 14.9 Å². The van der Waals surface area contributed by atoms with Crippen molar-refractivity contribution in [2.75, 3.05) is 18.5 Å². The van der Waals surface area contributed by atoms with Gasteiger partial charge in [0.2, 0.25) is 11.8 Å². The number of halogens is 1. The number of amides is 3. The highest BCUT2D eigenvalue weighted by molar-refractivity contribution is 6.02. The van der Waals surface area contributed by atoms with Crippen LogP contribution in [0.3, 0.4) is 0 Å². The Labute approximate surface area is 254 Å². The van der Waals surface area contributed by atoms with Gasteiger partial charge < -0.3 is 25.4 Å². The number of carbonyl (C=O) groups is 4. The molecule has 1 saturated heterocycles. The molecule has 3 aromatic rings. The number of likely N-dealkylation sites (tertiary alicyclic amines) is 1. The smallest absolute Gasteiger partial charge is 0.404 e. The molecule has 2 aliphatic heterocycles. The zero-order valence-electron chi connectivity index (χ0n) is 24.8. The maximum atomic E-state index is 14.0. The third-order valence-electron chi connectivity index (χ3n) is 9.50. The summed E-state index contributed by atoms with van der Waals surface area (Å²) in [6.45, 7) is 3.30. The second kappa shape index (κ2) is 11.6. The number of fused-ring (bicyclic) bond motifs is 3. The number of nitrogens with zero attached hydrogens (tertiary/aromatic N) is 2. The molecule has 2 aromatic carbocycles. The van der Waals surface area contributed by atoms with Gasteiger partial charge in [-0.2, -0.15) is 0 Å². The molecule has 0 unspecified atom stereocenters. The van der Waals surface area contributed by atoms with Crippen molar-refractivity contribution in [3.63, 3.8) is 0 Å². The van der Waals surface area contributed by atoms with Crippen molar-refractivity contribution in [1.29, 1.82) is 0 Å². The Bertz CT molecular complexity index is 1600. The van der Waals surface area contributed by atoms with Gasteiger partial charge in [0.25, 0.3) is 0 Å². The molecule has 10 nitrogen and oxygen atoms in total. The van der Waals surface area contributed by atoms with E-state index in [4.69, 9.17) is 9.84 Å². The van der Waals surface area contributed by atoms with Crippen molar-refractivity contribution in [3.05, 3.63) is 65.9 Å². The van der Waals surface area contributed by atoms with Gasteiger partial charge in [0.05, 0.1) is 11.6 Å². The summed E-state index contributed by atoms with van der Waals surface area (Å²) in [5.74, 6) is -1.45. The highest BCUT2D eigenvalue weighted by Crippen LogP contribution is 2.40. The highest BCUT2D eigenvalue weighted by atomic mass is 19.1. The van der Waals surface area contributed by atoms with E-state index in [0.29, 0.717) is 50.0 Å². The number of ether oxygens (including phenoxy) is 1. The van der Waals surface area contributed by atoms with Crippen LogP contribution in [0.2, 0.25) is 0 Å². The van der Waals surface area contributed by atoms with Gasteiger partial charge in [0, 0.05) is 29.5 Å². The maximum Gasteiger partial charge on any atom is 0.404 e. The molecule has 11 heteroatoms. The van der Waals surface area contributed by atoms with Gasteiger partial charge >= 0.3 is 12.1 Å². The molecule has 0 bridgehead atoms. The normalized spacial score (nSPS) is 24.9. The molecule has 0 radical (unpaired) electrons. The summed E-state index contributed by atoms with van der Waals surface area (Å²) in [7, 11) is 0. The number of carboxylic acid groups (broad SMARTS) is 1. The van der Waals surface area contributed by atoms with E-state index in [2.05, 4.69) is 10.6 Å². The molecular formula is C33H37FN4O6. The topological polar surface area (TPSA) is 130 Å². The van der Waals surface area contributed by atoms with E-state index >= 15 is 0 Å². The van der Waals surface area contributed by atoms with E-state index in [-0.39, 0.29) is 29.6 Å². The second-order valence-electron chi connectivity index (χ2n) is 12.6. The maximum absolute atomic E-state index is 14.0. The van der Waals surface area contributed by atoms with Crippen LogP contribution >= 0.6 is 0 Å². The summed E-state index contributed by atoms with van der Waals surface area (Å²) in [4.78, 5) is 53.1. The van der Waals surface area contributed by atoms with E-state index in [1.165, 1.54) is 0 Å². The SMILES string of the molecule is CC1(C)OC(=O)c2cc3cc(NC(=O)[C@@H]4[C@@H](c5ccccc5)CCN4C(=O)[C@H]4CC[C@H]([C@@H](CF)NC(=O)O)CC4)ccc3n21. The van der Waals surface area contributed by atoms with Crippen LogP contribution in [0.1, 0.15) is 67.9 Å². The Hall–Kier alpha value is -4.41. The summed E-state index contributed by atoms with van der Waals surface area (Å²) < 4.78 is 20.9. The highest BCUT2D eigenvalue weighted by Gasteiger charge is 2.45. The minimum atomic E-state index is -1.25. The number of hydrogen-bond donors (Lipinski definition) is 3. The standard InChI is InChI=1S/C33H37FN4O6/c1-33(2)38-26-13-12-23(16-22(26)17-27(38)31(41)44-33)35-29(39)28-24(19-6-4-3-5-7-19)14-15-37(28)30(40)21-10-8-20(9-11-21)25(18-34)36-32(42)43/h3-7,12-13,16-17,20-21,24-25,28,36H,8-11,14-15,18H2,1-2H3,(H,35,39)(H,42,43)/t20-,21-,24-,25-,28+/m1/s1. The molecule has 1 aliphatic carbocycles. The van der Waals surface area contributed by atoms with E-state index in [1.54, 1.807) is 17.0 Å². The van der Waals surface area contributed by atoms with E-state index in [1.807, 2.05) is 60.9 Å². The third kappa shape index (κ3) is 5.39. The van der Waals surface area contributed by atoms with Crippen LogP contribution in [-0.4, -0.2) is 63.8 Å². The number of cyclic esters (lactones) is 1. The lowest BCUT2D eigenvalue weighted by atomic mass is 9.78. The molecule has 3 amide bonds. The van der Waals surface area contributed by atoms with Crippen LogP contribution in [0.25, 0.3) is 10.9 Å². The average molecular weight is 605 g/mol. The second-order valence-corrected chi connectivity index (χ2v) is 12.6. The average Bonchev–Trinajstić information content (AvgIpc) is 3.68. The number of nitrogens with one attached hydrogen (secondary N) is 2. The van der Waals surface area contributed by atoms with E-state index in [0.717, 1.165) is 16.5 Å². The summed E-state index contributed by atoms with van der Waals surface area (Å²) in [5, 5.41) is 15.2. The van der Waals surface area contributed by atoms with Crippen molar-refractivity contribution in [2.45, 2.75) is 69.7 Å². The minimum Gasteiger partial charge on any atom is -0.465 e. The molecule has 3 heterocycles. The third-order valence-corrected chi connectivity index (χ3v) is 9.50. The fourth-order valence-electron chi connectivity index (χ4n) is 7.42. The molecule has 3 N–H and O–H groups in total. The first kappa shape index (κ1) is 29.7. The fraction of sp³-hybridized carbons (Fsp3) is 0.455. The molecule has 44 heavy (non-hydrogen) atoms. The van der Waals surface area contributed by atoms with Gasteiger partial charge in [-0.15, -0.1) is 0 Å². The van der Waals surface area contributed by atoms with Gasteiger partial charge in [0.1, 0.15) is 18.4 Å². The van der Waals surface area contributed by atoms with Crippen molar-refractivity contribution >= 4 is 40.5 Å². The van der Waals surface area contributed by atoms with Gasteiger partial charge in [0.15, 0.2) is 5.72 Å². The van der Waals surface area contributed by atoms with Crippen molar-refractivity contribution in [2.24, 2.45) is 11.8 Å². The Morgan fingerprint density at radius 1 is 1.05 bits per heavy atom. The fourth-order valence-corrected chi connectivity index (χ4v) is 7.42. The van der Waals surface area contributed by atoms with Crippen molar-refractivity contribution in [3.8, 4) is 0 Å². The van der Waals surface area contributed by atoms with Gasteiger partial charge in [-0.3, -0.25) is 14.2 Å². The molecular weight excluding hydrogens is 567 g/mol.